The van der Waals surface area contributed by atoms with Gasteiger partial charge in [0.2, 0.25) is 5.91 Å². The minimum Gasteiger partial charge on any atom is -0.492 e. The Bertz CT molecular complexity index is 1520. The van der Waals surface area contributed by atoms with Crippen LogP contribution in [0.2, 0.25) is 0 Å². The summed E-state index contributed by atoms with van der Waals surface area (Å²) in [6, 6.07) is 7.23. The number of hydrogen-bond acceptors (Lipinski definition) is 9. The number of aliphatic imine (C=N–C) groups is 1. The number of carbonyl (C=O) groups is 3. The number of allylic oxidation sites excluding steroid dienone is 2. The second-order valence-electron chi connectivity index (χ2n) is 14.3. The summed E-state index contributed by atoms with van der Waals surface area (Å²) in [6.07, 6.45) is 7.34. The Morgan fingerprint density at radius 1 is 1.15 bits per heavy atom. The summed E-state index contributed by atoms with van der Waals surface area (Å²) in [5.74, 6) is 0.510. The number of methoxy groups -OCH3 is 1. The highest BCUT2D eigenvalue weighted by Crippen LogP contribution is 2.37. The molecule has 0 saturated heterocycles. The van der Waals surface area contributed by atoms with Gasteiger partial charge in [-0.05, 0) is 75.3 Å². The van der Waals surface area contributed by atoms with Crippen LogP contribution in [-0.4, -0.2) is 53.4 Å². The van der Waals surface area contributed by atoms with Crippen LogP contribution in [-0.2, 0) is 27.2 Å². The van der Waals surface area contributed by atoms with Crippen molar-refractivity contribution in [3.05, 3.63) is 71.2 Å². The summed E-state index contributed by atoms with van der Waals surface area (Å²) in [7, 11) is 1.36. The molecule has 47 heavy (non-hydrogen) atoms. The zero-order valence-corrected chi connectivity index (χ0v) is 29.4. The number of amides is 2. The smallest absolute Gasteiger partial charge is 0.422 e. The van der Waals surface area contributed by atoms with E-state index >= 15 is 0 Å². The third-order valence-electron chi connectivity index (χ3n) is 7.02. The largest absolute Gasteiger partial charge is 0.492 e. The molecule has 10 nitrogen and oxygen atoms in total. The predicted molar refractivity (Wildman–Crippen MR) is 185 cm³/mol. The molecule has 1 aliphatic carbocycles. The number of aromatic nitrogens is 1. The molecule has 1 fully saturated rings. The zero-order valence-electron chi connectivity index (χ0n) is 29.4. The molecule has 0 bridgehead atoms. The first-order valence-electron chi connectivity index (χ1n) is 16.0. The maximum atomic E-state index is 13.0. The van der Waals surface area contributed by atoms with Crippen LogP contribution in [0.1, 0.15) is 102 Å². The standard InChI is InChI=1S/C32H38N4O6.C5H12/c1-20(13-15-33-21(2)36(29(37)23-10-8-11-23)31(39)42-32(3,4)5)26-19-35-28(25-14-16-41-27(25)26)34-18-22-9-7-12-24(17-22)30(38)40-6;1-5(2,3)4/h7,9,12-13,15,17,19,23H,2,8,10-11,14,16,18H2,1,3-6H3,(H,34,35);1-4H3/b20-13+,33-15-;. The van der Waals surface area contributed by atoms with E-state index in [4.69, 9.17) is 14.2 Å². The third-order valence-corrected chi connectivity index (χ3v) is 7.02. The number of ether oxygens (including phenoxy) is 3. The van der Waals surface area contributed by atoms with Gasteiger partial charge in [-0.25, -0.2) is 19.6 Å². The van der Waals surface area contributed by atoms with Crippen molar-refractivity contribution in [2.24, 2.45) is 16.3 Å². The van der Waals surface area contributed by atoms with Crippen molar-refractivity contribution in [1.29, 1.82) is 0 Å². The first-order valence-corrected chi connectivity index (χ1v) is 16.0. The van der Waals surface area contributed by atoms with Crippen molar-refractivity contribution in [3.8, 4) is 5.75 Å². The number of carbonyl (C=O) groups excluding carboxylic acids is 3. The van der Waals surface area contributed by atoms with Gasteiger partial charge in [0.1, 0.15) is 23.0 Å². The minimum absolute atomic E-state index is 0.000575. The Hall–Kier alpha value is -4.47. The first-order chi connectivity index (χ1) is 22.0. The van der Waals surface area contributed by atoms with Gasteiger partial charge in [-0.1, -0.05) is 52.8 Å². The van der Waals surface area contributed by atoms with Gasteiger partial charge in [0.15, 0.2) is 0 Å². The normalized spacial score (nSPS) is 14.6. The number of fused-ring (bicyclic) bond motifs is 1. The lowest BCUT2D eigenvalue weighted by Crippen LogP contribution is -2.44. The highest BCUT2D eigenvalue weighted by molar-refractivity contribution is 5.96. The SMILES string of the molecule is C=C(/N=C\C=C(/C)c1cnc(NCc2cccc(C(=O)OC)c2)c2c1OCC2)N(C(=O)OC(C)(C)C)C(=O)C1CCC1.CC(C)(C)C. The highest BCUT2D eigenvalue weighted by Gasteiger charge is 2.36. The number of benzene rings is 1. The summed E-state index contributed by atoms with van der Waals surface area (Å²) >= 11 is 0. The quantitative estimate of drug-likeness (QED) is 0.215. The van der Waals surface area contributed by atoms with Gasteiger partial charge in [0.05, 0.1) is 19.3 Å². The van der Waals surface area contributed by atoms with Gasteiger partial charge in [-0.3, -0.25) is 4.79 Å². The minimum atomic E-state index is -0.780. The molecular weight excluding hydrogens is 596 g/mol. The molecule has 1 N–H and O–H groups in total. The van der Waals surface area contributed by atoms with E-state index in [-0.39, 0.29) is 23.6 Å². The lowest BCUT2D eigenvalue weighted by atomic mass is 9.84. The number of imide groups is 1. The van der Waals surface area contributed by atoms with E-state index in [1.807, 2.05) is 19.1 Å². The number of nitrogens with one attached hydrogen (secondary N) is 1. The molecule has 1 saturated carbocycles. The van der Waals surface area contributed by atoms with E-state index in [9.17, 15) is 14.4 Å². The van der Waals surface area contributed by atoms with Crippen LogP contribution in [0.5, 0.6) is 5.75 Å². The van der Waals surface area contributed by atoms with Crippen LogP contribution in [0.15, 0.2) is 53.9 Å². The Morgan fingerprint density at radius 3 is 2.43 bits per heavy atom. The second-order valence-corrected chi connectivity index (χ2v) is 14.3. The van der Waals surface area contributed by atoms with E-state index in [1.54, 1.807) is 45.2 Å². The predicted octanol–water partition coefficient (Wildman–Crippen LogP) is 7.98. The van der Waals surface area contributed by atoms with Crippen molar-refractivity contribution >= 4 is 35.6 Å². The fourth-order valence-electron chi connectivity index (χ4n) is 4.58. The van der Waals surface area contributed by atoms with Crippen LogP contribution < -0.4 is 10.1 Å². The van der Waals surface area contributed by atoms with Gasteiger partial charge < -0.3 is 19.5 Å². The number of pyridine rings is 1. The van der Waals surface area contributed by atoms with E-state index in [0.29, 0.717) is 36.4 Å². The molecule has 0 unspecified atom stereocenters. The third kappa shape index (κ3) is 11.1. The molecule has 254 valence electrons. The molecule has 4 rings (SSSR count). The molecule has 0 atom stereocenters. The fraction of sp³-hybridized carbons (Fsp3) is 0.486. The van der Waals surface area contributed by atoms with Crippen LogP contribution >= 0.6 is 0 Å². The van der Waals surface area contributed by atoms with Crippen molar-refractivity contribution in [1.82, 2.24) is 9.88 Å². The number of hydrogen-bond donors (Lipinski definition) is 1. The Morgan fingerprint density at radius 2 is 1.83 bits per heavy atom. The monoisotopic (exact) mass is 646 g/mol. The van der Waals surface area contributed by atoms with E-state index in [1.165, 1.54) is 13.3 Å². The second kappa shape index (κ2) is 15.9. The van der Waals surface area contributed by atoms with E-state index < -0.39 is 11.7 Å². The molecule has 1 aliphatic heterocycles. The average molecular weight is 647 g/mol. The molecular formula is C37H50N4O6. The van der Waals surface area contributed by atoms with Crippen LogP contribution in [0.3, 0.4) is 0 Å². The Labute approximate surface area is 279 Å². The molecule has 1 aromatic heterocycles. The molecule has 0 spiro atoms. The molecule has 10 heteroatoms. The number of nitrogens with zero attached hydrogens (tertiary/aromatic N) is 3. The zero-order chi connectivity index (χ0) is 34.9. The summed E-state index contributed by atoms with van der Waals surface area (Å²) in [5, 5.41) is 3.36. The van der Waals surface area contributed by atoms with Gasteiger partial charge >= 0.3 is 12.1 Å². The van der Waals surface area contributed by atoms with Gasteiger partial charge in [-0.15, -0.1) is 0 Å². The van der Waals surface area contributed by atoms with E-state index in [2.05, 4.69) is 49.6 Å². The number of rotatable bonds is 9. The van der Waals surface area contributed by atoms with Crippen LogP contribution in [0.25, 0.3) is 5.57 Å². The Balaban J connectivity index is 0.00000111. The summed E-state index contributed by atoms with van der Waals surface area (Å²) < 4.78 is 16.2. The van der Waals surface area contributed by atoms with Crippen molar-refractivity contribution in [2.75, 3.05) is 19.0 Å². The lowest BCUT2D eigenvalue weighted by Gasteiger charge is -2.31. The first kappa shape index (κ1) is 37.0. The average Bonchev–Trinajstić information content (AvgIpc) is 3.43. The molecule has 2 aliphatic rings. The summed E-state index contributed by atoms with van der Waals surface area (Å²) in [6.45, 7) is 20.8. The number of anilines is 1. The van der Waals surface area contributed by atoms with Gasteiger partial charge in [0.25, 0.3) is 0 Å². The molecule has 0 radical (unpaired) electrons. The van der Waals surface area contributed by atoms with Gasteiger partial charge in [-0.2, -0.15) is 4.90 Å². The number of esters is 1. The van der Waals surface area contributed by atoms with Crippen molar-refractivity contribution in [3.63, 3.8) is 0 Å². The van der Waals surface area contributed by atoms with Crippen LogP contribution in [0.4, 0.5) is 10.6 Å². The fourth-order valence-corrected chi connectivity index (χ4v) is 4.58. The molecule has 1 aromatic carbocycles. The summed E-state index contributed by atoms with van der Waals surface area (Å²) in [4.78, 5) is 47.6. The van der Waals surface area contributed by atoms with Crippen molar-refractivity contribution in [2.45, 2.75) is 93.2 Å². The molecule has 2 amide bonds. The molecule has 2 heterocycles. The van der Waals surface area contributed by atoms with Crippen molar-refractivity contribution < 1.29 is 28.6 Å². The van der Waals surface area contributed by atoms with E-state index in [0.717, 1.165) is 52.2 Å². The highest BCUT2D eigenvalue weighted by atomic mass is 16.6. The molecule has 2 aromatic rings. The maximum absolute atomic E-state index is 13.0. The lowest BCUT2D eigenvalue weighted by molar-refractivity contribution is -0.135. The van der Waals surface area contributed by atoms with Crippen LogP contribution in [0, 0.1) is 11.3 Å². The Kier molecular flexibility index (Phi) is 12.5. The summed E-state index contributed by atoms with van der Waals surface area (Å²) in [5.41, 5.74) is 3.75. The maximum Gasteiger partial charge on any atom is 0.422 e. The van der Waals surface area contributed by atoms with Gasteiger partial charge in [0, 0.05) is 42.4 Å². The topological polar surface area (TPSA) is 119 Å².